The molecular weight excluding hydrogens is 272 g/mol. The van der Waals surface area contributed by atoms with E-state index in [1.54, 1.807) is 0 Å². The lowest BCUT2D eigenvalue weighted by Gasteiger charge is -2.27. The molecular formula is C20H32O2. The van der Waals surface area contributed by atoms with Crippen LogP contribution < -0.4 is 4.74 Å². The zero-order valence-electron chi connectivity index (χ0n) is 14.5. The molecule has 2 heteroatoms. The van der Waals surface area contributed by atoms with Gasteiger partial charge in [-0.25, -0.2) is 0 Å². The first-order valence-electron chi connectivity index (χ1n) is 9.11. The third-order valence-corrected chi connectivity index (χ3v) is 4.93. The van der Waals surface area contributed by atoms with Crippen LogP contribution in [0.1, 0.15) is 77.2 Å². The van der Waals surface area contributed by atoms with Crippen molar-refractivity contribution in [2.45, 2.75) is 77.9 Å². The van der Waals surface area contributed by atoms with E-state index in [2.05, 4.69) is 38.1 Å². The van der Waals surface area contributed by atoms with Crippen molar-refractivity contribution >= 4 is 0 Å². The van der Waals surface area contributed by atoms with Gasteiger partial charge in [-0.2, -0.15) is 0 Å². The minimum Gasteiger partial charge on any atom is -0.465 e. The largest absolute Gasteiger partial charge is 0.465 e. The second-order valence-corrected chi connectivity index (χ2v) is 6.62. The molecule has 1 saturated carbocycles. The van der Waals surface area contributed by atoms with E-state index in [9.17, 15) is 0 Å². The molecule has 124 valence electrons. The SMILES string of the molecule is CCOC(CC1CCCCC1)Oc1ccc(C(C)CC)cc1. The third kappa shape index (κ3) is 5.31. The first-order chi connectivity index (χ1) is 10.7. The van der Waals surface area contributed by atoms with Crippen LogP contribution >= 0.6 is 0 Å². The molecule has 1 aliphatic carbocycles. The smallest absolute Gasteiger partial charge is 0.200 e. The fourth-order valence-electron chi connectivity index (χ4n) is 3.29. The molecule has 1 fully saturated rings. The quantitative estimate of drug-likeness (QED) is 0.556. The van der Waals surface area contributed by atoms with Crippen LogP contribution in [0.2, 0.25) is 0 Å². The second-order valence-electron chi connectivity index (χ2n) is 6.62. The summed E-state index contributed by atoms with van der Waals surface area (Å²) in [5.74, 6) is 2.31. The van der Waals surface area contributed by atoms with Gasteiger partial charge in [0.1, 0.15) is 5.75 Å². The summed E-state index contributed by atoms with van der Waals surface area (Å²) in [6.45, 7) is 7.25. The maximum atomic E-state index is 6.10. The van der Waals surface area contributed by atoms with E-state index in [0.717, 1.165) is 18.1 Å². The van der Waals surface area contributed by atoms with Gasteiger partial charge in [0.25, 0.3) is 0 Å². The molecule has 2 unspecified atom stereocenters. The predicted octanol–water partition coefficient (Wildman–Crippen LogP) is 5.91. The molecule has 0 bridgehead atoms. The Labute approximate surface area is 136 Å². The summed E-state index contributed by atoms with van der Waals surface area (Å²) in [4.78, 5) is 0. The van der Waals surface area contributed by atoms with E-state index in [-0.39, 0.29) is 6.29 Å². The van der Waals surface area contributed by atoms with Crippen molar-refractivity contribution in [3.63, 3.8) is 0 Å². The van der Waals surface area contributed by atoms with Gasteiger partial charge in [0, 0.05) is 13.0 Å². The Balaban J connectivity index is 1.91. The van der Waals surface area contributed by atoms with Crippen molar-refractivity contribution in [1.82, 2.24) is 0 Å². The molecule has 0 spiro atoms. The zero-order valence-corrected chi connectivity index (χ0v) is 14.5. The average molecular weight is 304 g/mol. The summed E-state index contributed by atoms with van der Waals surface area (Å²) in [5, 5.41) is 0. The van der Waals surface area contributed by atoms with Crippen LogP contribution in [0.5, 0.6) is 5.75 Å². The molecule has 0 amide bonds. The number of rotatable bonds is 8. The van der Waals surface area contributed by atoms with Crippen molar-refractivity contribution in [3.05, 3.63) is 29.8 Å². The van der Waals surface area contributed by atoms with Gasteiger partial charge in [-0.15, -0.1) is 0 Å². The number of ether oxygens (including phenoxy) is 2. The lowest BCUT2D eigenvalue weighted by Crippen LogP contribution is -2.25. The van der Waals surface area contributed by atoms with Gasteiger partial charge in [-0.05, 0) is 42.9 Å². The maximum absolute atomic E-state index is 6.10. The molecule has 0 heterocycles. The maximum Gasteiger partial charge on any atom is 0.200 e. The lowest BCUT2D eigenvalue weighted by atomic mass is 9.87. The van der Waals surface area contributed by atoms with Crippen LogP contribution in [-0.4, -0.2) is 12.9 Å². The molecule has 0 N–H and O–H groups in total. The van der Waals surface area contributed by atoms with E-state index in [4.69, 9.17) is 9.47 Å². The van der Waals surface area contributed by atoms with Gasteiger partial charge in [0.15, 0.2) is 6.29 Å². The predicted molar refractivity (Wildman–Crippen MR) is 92.4 cm³/mol. The highest BCUT2D eigenvalue weighted by Gasteiger charge is 2.20. The van der Waals surface area contributed by atoms with Crippen LogP contribution in [0, 0.1) is 5.92 Å². The van der Waals surface area contributed by atoms with Gasteiger partial charge in [-0.3, -0.25) is 0 Å². The van der Waals surface area contributed by atoms with Crippen molar-refractivity contribution in [2.75, 3.05) is 6.61 Å². The molecule has 0 saturated heterocycles. The topological polar surface area (TPSA) is 18.5 Å². The number of benzene rings is 1. The van der Waals surface area contributed by atoms with Crippen molar-refractivity contribution in [2.24, 2.45) is 5.92 Å². The van der Waals surface area contributed by atoms with E-state index < -0.39 is 0 Å². The van der Waals surface area contributed by atoms with Crippen LogP contribution in [0.15, 0.2) is 24.3 Å². The average Bonchev–Trinajstić information content (AvgIpc) is 2.56. The Hall–Kier alpha value is -1.02. The highest BCUT2D eigenvalue weighted by Crippen LogP contribution is 2.29. The van der Waals surface area contributed by atoms with Crippen LogP contribution in [0.25, 0.3) is 0 Å². The monoisotopic (exact) mass is 304 g/mol. The van der Waals surface area contributed by atoms with E-state index >= 15 is 0 Å². The molecule has 2 atom stereocenters. The normalized spacial score (nSPS) is 18.9. The van der Waals surface area contributed by atoms with Gasteiger partial charge >= 0.3 is 0 Å². The fraction of sp³-hybridized carbons (Fsp3) is 0.700. The molecule has 1 aromatic carbocycles. The summed E-state index contributed by atoms with van der Waals surface area (Å²) in [5.41, 5.74) is 1.38. The third-order valence-electron chi connectivity index (χ3n) is 4.93. The molecule has 0 radical (unpaired) electrons. The van der Waals surface area contributed by atoms with Gasteiger partial charge in [0.2, 0.25) is 0 Å². The fourth-order valence-corrected chi connectivity index (χ4v) is 3.29. The summed E-state index contributed by atoms with van der Waals surface area (Å²) in [7, 11) is 0. The molecule has 2 rings (SSSR count). The minimum atomic E-state index is -0.0949. The van der Waals surface area contributed by atoms with Crippen LogP contribution in [0.3, 0.4) is 0 Å². The molecule has 1 aromatic rings. The number of hydrogen-bond acceptors (Lipinski definition) is 2. The Morgan fingerprint density at radius 1 is 1.05 bits per heavy atom. The summed E-state index contributed by atoms with van der Waals surface area (Å²) >= 11 is 0. The zero-order chi connectivity index (χ0) is 15.8. The van der Waals surface area contributed by atoms with Gasteiger partial charge < -0.3 is 9.47 Å². The van der Waals surface area contributed by atoms with E-state index in [0.29, 0.717) is 12.5 Å². The second kappa shape index (κ2) is 9.19. The Kier molecular flexibility index (Phi) is 7.24. The van der Waals surface area contributed by atoms with Gasteiger partial charge in [-0.1, -0.05) is 58.1 Å². The summed E-state index contributed by atoms with van der Waals surface area (Å²) in [6, 6.07) is 8.56. The number of hydrogen-bond donors (Lipinski definition) is 0. The Morgan fingerprint density at radius 2 is 1.73 bits per heavy atom. The summed E-state index contributed by atoms with van der Waals surface area (Å²) < 4.78 is 11.9. The molecule has 22 heavy (non-hydrogen) atoms. The van der Waals surface area contributed by atoms with Crippen molar-refractivity contribution in [3.8, 4) is 5.75 Å². The molecule has 0 aliphatic heterocycles. The first kappa shape index (κ1) is 17.3. The molecule has 1 aliphatic rings. The van der Waals surface area contributed by atoms with Crippen molar-refractivity contribution < 1.29 is 9.47 Å². The molecule has 0 aromatic heterocycles. The first-order valence-corrected chi connectivity index (χ1v) is 9.11. The van der Waals surface area contributed by atoms with Crippen LogP contribution in [0.4, 0.5) is 0 Å². The van der Waals surface area contributed by atoms with Crippen LogP contribution in [-0.2, 0) is 4.74 Å². The van der Waals surface area contributed by atoms with E-state index in [1.165, 1.54) is 44.1 Å². The lowest BCUT2D eigenvalue weighted by molar-refractivity contribution is -0.0902. The Bertz CT molecular complexity index is 406. The highest BCUT2D eigenvalue weighted by molar-refractivity contribution is 5.29. The van der Waals surface area contributed by atoms with Crippen molar-refractivity contribution in [1.29, 1.82) is 0 Å². The Morgan fingerprint density at radius 3 is 2.32 bits per heavy atom. The van der Waals surface area contributed by atoms with Gasteiger partial charge in [0.05, 0.1) is 0 Å². The summed E-state index contributed by atoms with van der Waals surface area (Å²) in [6.07, 6.45) is 8.90. The standard InChI is InChI=1S/C20H32O2/c1-4-16(3)18-11-13-19(14-12-18)22-20(21-5-2)15-17-9-7-6-8-10-17/h11-14,16-17,20H,4-10,15H2,1-3H3. The van der Waals surface area contributed by atoms with E-state index in [1.807, 2.05) is 6.92 Å². The molecule has 2 nitrogen and oxygen atoms in total. The highest BCUT2D eigenvalue weighted by atomic mass is 16.7. The minimum absolute atomic E-state index is 0.0949.